The standard InChI is InChI=1S/C14H21N5/c1-10-7-8-19-13(9-10)16-14(17-19)18(2)12-5-3-11(15)4-6-12/h7-9,11-12H,3-6,15H2,1-2H3. The Hall–Kier alpha value is -1.62. The van der Waals surface area contributed by atoms with E-state index < -0.39 is 0 Å². The molecule has 2 aromatic rings. The molecular weight excluding hydrogens is 238 g/mol. The summed E-state index contributed by atoms with van der Waals surface area (Å²) in [6.45, 7) is 2.07. The topological polar surface area (TPSA) is 59.5 Å². The van der Waals surface area contributed by atoms with Crippen LogP contribution in [0.2, 0.25) is 0 Å². The molecule has 2 N–H and O–H groups in total. The van der Waals surface area contributed by atoms with E-state index in [9.17, 15) is 0 Å². The Morgan fingerprint density at radius 3 is 2.79 bits per heavy atom. The van der Waals surface area contributed by atoms with Crippen molar-refractivity contribution in [2.45, 2.75) is 44.7 Å². The highest BCUT2D eigenvalue weighted by Crippen LogP contribution is 2.24. The van der Waals surface area contributed by atoms with Gasteiger partial charge in [0, 0.05) is 25.3 Å². The fourth-order valence-electron chi connectivity index (χ4n) is 2.77. The Labute approximate surface area is 113 Å². The maximum atomic E-state index is 5.96. The number of hydrogen-bond donors (Lipinski definition) is 1. The lowest BCUT2D eigenvalue weighted by Gasteiger charge is -2.32. The van der Waals surface area contributed by atoms with Crippen LogP contribution in [0.1, 0.15) is 31.2 Å². The van der Waals surface area contributed by atoms with Crippen LogP contribution in [0.25, 0.3) is 5.65 Å². The van der Waals surface area contributed by atoms with Crippen LogP contribution >= 0.6 is 0 Å². The molecule has 2 heterocycles. The highest BCUT2D eigenvalue weighted by atomic mass is 15.4. The number of fused-ring (bicyclic) bond motifs is 1. The van der Waals surface area contributed by atoms with Gasteiger partial charge >= 0.3 is 0 Å². The van der Waals surface area contributed by atoms with Crippen molar-refractivity contribution < 1.29 is 0 Å². The van der Waals surface area contributed by atoms with Gasteiger partial charge in [0.1, 0.15) is 0 Å². The number of anilines is 1. The van der Waals surface area contributed by atoms with E-state index in [0.717, 1.165) is 37.3 Å². The molecule has 5 heteroatoms. The molecule has 0 amide bonds. The van der Waals surface area contributed by atoms with Crippen molar-refractivity contribution in [2.24, 2.45) is 5.73 Å². The molecule has 1 aliphatic rings. The second-order valence-electron chi connectivity index (χ2n) is 5.60. The molecule has 0 aliphatic heterocycles. The molecule has 5 nitrogen and oxygen atoms in total. The molecule has 0 spiro atoms. The van der Waals surface area contributed by atoms with Crippen molar-refractivity contribution in [3.63, 3.8) is 0 Å². The molecule has 1 aliphatic carbocycles. The molecule has 3 rings (SSSR count). The number of nitrogens with zero attached hydrogens (tertiary/aromatic N) is 4. The fraction of sp³-hybridized carbons (Fsp3) is 0.571. The molecule has 0 saturated heterocycles. The molecule has 0 atom stereocenters. The Balaban J connectivity index is 1.83. The van der Waals surface area contributed by atoms with Crippen molar-refractivity contribution >= 4 is 11.6 Å². The van der Waals surface area contributed by atoms with Gasteiger partial charge in [-0.05, 0) is 50.3 Å². The summed E-state index contributed by atoms with van der Waals surface area (Å²) in [6.07, 6.45) is 6.42. The average Bonchev–Trinajstić information content (AvgIpc) is 2.81. The van der Waals surface area contributed by atoms with Gasteiger partial charge in [-0.15, -0.1) is 5.10 Å². The van der Waals surface area contributed by atoms with Crippen LogP contribution in [-0.2, 0) is 0 Å². The highest BCUT2D eigenvalue weighted by molar-refractivity contribution is 5.46. The third-order valence-electron chi connectivity index (χ3n) is 4.09. The summed E-state index contributed by atoms with van der Waals surface area (Å²) < 4.78 is 1.84. The maximum Gasteiger partial charge on any atom is 0.245 e. The Kier molecular flexibility index (Phi) is 3.14. The monoisotopic (exact) mass is 259 g/mol. The molecule has 0 unspecified atom stereocenters. The van der Waals surface area contributed by atoms with E-state index in [-0.39, 0.29) is 0 Å². The van der Waals surface area contributed by atoms with Gasteiger partial charge in [-0.2, -0.15) is 4.98 Å². The third kappa shape index (κ3) is 2.42. The predicted octanol–water partition coefficient (Wildman–Crippen LogP) is 1.74. The van der Waals surface area contributed by atoms with Crippen LogP contribution in [0, 0.1) is 6.92 Å². The Morgan fingerprint density at radius 2 is 2.05 bits per heavy atom. The fourth-order valence-corrected chi connectivity index (χ4v) is 2.77. The highest BCUT2D eigenvalue weighted by Gasteiger charge is 2.24. The van der Waals surface area contributed by atoms with E-state index in [1.54, 1.807) is 0 Å². The maximum absolute atomic E-state index is 5.96. The van der Waals surface area contributed by atoms with E-state index in [1.165, 1.54) is 5.56 Å². The first-order valence-corrected chi connectivity index (χ1v) is 6.95. The summed E-state index contributed by atoms with van der Waals surface area (Å²) in [7, 11) is 2.09. The summed E-state index contributed by atoms with van der Waals surface area (Å²) in [5.41, 5.74) is 8.08. The minimum Gasteiger partial charge on any atom is -0.340 e. The van der Waals surface area contributed by atoms with Crippen molar-refractivity contribution in [2.75, 3.05) is 11.9 Å². The average molecular weight is 259 g/mol. The van der Waals surface area contributed by atoms with Gasteiger partial charge in [0.25, 0.3) is 0 Å². The number of pyridine rings is 1. The lowest BCUT2D eigenvalue weighted by Crippen LogP contribution is -2.39. The lowest BCUT2D eigenvalue weighted by atomic mass is 9.91. The molecule has 102 valence electrons. The van der Waals surface area contributed by atoms with Crippen LogP contribution in [0.5, 0.6) is 0 Å². The van der Waals surface area contributed by atoms with Gasteiger partial charge in [-0.25, -0.2) is 4.52 Å². The van der Waals surface area contributed by atoms with Gasteiger partial charge in [0.05, 0.1) is 0 Å². The number of aryl methyl sites for hydroxylation is 1. The van der Waals surface area contributed by atoms with Crippen molar-refractivity contribution in [1.82, 2.24) is 14.6 Å². The second-order valence-corrected chi connectivity index (χ2v) is 5.60. The van der Waals surface area contributed by atoms with Crippen LogP contribution in [-0.4, -0.2) is 33.7 Å². The van der Waals surface area contributed by atoms with Gasteiger partial charge < -0.3 is 10.6 Å². The molecule has 2 aromatic heterocycles. The normalized spacial score (nSPS) is 23.7. The van der Waals surface area contributed by atoms with E-state index in [2.05, 4.69) is 35.0 Å². The summed E-state index contributed by atoms with van der Waals surface area (Å²) >= 11 is 0. The summed E-state index contributed by atoms with van der Waals surface area (Å²) in [6, 6.07) is 4.99. The SMILES string of the molecule is Cc1ccn2nc(N(C)C3CCC(N)CC3)nc2c1. The van der Waals surface area contributed by atoms with Crippen molar-refractivity contribution in [1.29, 1.82) is 0 Å². The largest absolute Gasteiger partial charge is 0.340 e. The van der Waals surface area contributed by atoms with Crippen LogP contribution < -0.4 is 10.6 Å². The first-order chi connectivity index (χ1) is 9.13. The zero-order valence-corrected chi connectivity index (χ0v) is 11.6. The molecule has 19 heavy (non-hydrogen) atoms. The molecular formula is C14H21N5. The first-order valence-electron chi connectivity index (χ1n) is 6.95. The van der Waals surface area contributed by atoms with Crippen LogP contribution in [0.15, 0.2) is 18.3 Å². The third-order valence-corrected chi connectivity index (χ3v) is 4.09. The number of rotatable bonds is 2. The van der Waals surface area contributed by atoms with E-state index in [1.807, 2.05) is 16.8 Å². The summed E-state index contributed by atoms with van der Waals surface area (Å²) in [4.78, 5) is 6.82. The molecule has 0 aromatic carbocycles. The number of nitrogens with two attached hydrogens (primary N) is 1. The molecule has 0 bridgehead atoms. The molecule has 0 radical (unpaired) electrons. The Bertz CT molecular complexity index is 568. The van der Waals surface area contributed by atoms with Gasteiger partial charge in [-0.3, -0.25) is 0 Å². The van der Waals surface area contributed by atoms with E-state index in [4.69, 9.17) is 5.73 Å². The second kappa shape index (κ2) is 4.81. The summed E-state index contributed by atoms with van der Waals surface area (Å²) in [5, 5.41) is 4.55. The minimum absolute atomic E-state index is 0.376. The predicted molar refractivity (Wildman–Crippen MR) is 76.4 cm³/mol. The molecule has 1 saturated carbocycles. The number of hydrogen-bond acceptors (Lipinski definition) is 4. The van der Waals surface area contributed by atoms with Gasteiger partial charge in [0.15, 0.2) is 5.65 Å². The van der Waals surface area contributed by atoms with E-state index in [0.29, 0.717) is 12.1 Å². The van der Waals surface area contributed by atoms with Crippen LogP contribution in [0.3, 0.4) is 0 Å². The lowest BCUT2D eigenvalue weighted by molar-refractivity contribution is 0.382. The van der Waals surface area contributed by atoms with E-state index >= 15 is 0 Å². The number of aromatic nitrogens is 3. The zero-order valence-electron chi connectivity index (χ0n) is 11.6. The Morgan fingerprint density at radius 1 is 1.32 bits per heavy atom. The van der Waals surface area contributed by atoms with Crippen molar-refractivity contribution in [3.05, 3.63) is 23.9 Å². The quantitative estimate of drug-likeness (QED) is 0.892. The van der Waals surface area contributed by atoms with Crippen LogP contribution in [0.4, 0.5) is 5.95 Å². The minimum atomic E-state index is 0.376. The van der Waals surface area contributed by atoms with Gasteiger partial charge in [-0.1, -0.05) is 0 Å². The summed E-state index contributed by atoms with van der Waals surface area (Å²) in [5.74, 6) is 0.811. The van der Waals surface area contributed by atoms with Crippen molar-refractivity contribution in [3.8, 4) is 0 Å². The molecule has 1 fully saturated rings. The van der Waals surface area contributed by atoms with Gasteiger partial charge in [0.2, 0.25) is 5.95 Å². The smallest absolute Gasteiger partial charge is 0.245 e. The first kappa shape index (κ1) is 12.4. The zero-order chi connectivity index (χ0) is 13.4.